The molecule has 1 aliphatic rings. The smallest absolute Gasteiger partial charge is 0.420 e. The van der Waals surface area contributed by atoms with Crippen molar-refractivity contribution in [3.63, 3.8) is 0 Å². The lowest BCUT2D eigenvalue weighted by Crippen LogP contribution is -2.60. The van der Waals surface area contributed by atoms with Gasteiger partial charge in [0.15, 0.2) is 5.54 Å². The molecule has 2 amide bonds. The molecule has 184 valence electrons. The zero-order valence-electron chi connectivity index (χ0n) is 17.9. The van der Waals surface area contributed by atoms with Crippen molar-refractivity contribution in [1.82, 2.24) is 15.3 Å². The summed E-state index contributed by atoms with van der Waals surface area (Å²) in [6.45, 7) is 2.27. The third kappa shape index (κ3) is 6.08. The fourth-order valence-electron chi connectivity index (χ4n) is 3.58. The lowest BCUT2D eigenvalue weighted by Gasteiger charge is -2.41. The van der Waals surface area contributed by atoms with Crippen LogP contribution in [-0.4, -0.2) is 52.2 Å². The summed E-state index contributed by atoms with van der Waals surface area (Å²) in [6, 6.07) is 4.32. The molecule has 0 radical (unpaired) electrons. The van der Waals surface area contributed by atoms with Gasteiger partial charge in [-0.25, -0.2) is 14.4 Å². The highest BCUT2D eigenvalue weighted by Crippen LogP contribution is 2.36. The van der Waals surface area contributed by atoms with E-state index in [4.69, 9.17) is 27.9 Å². The van der Waals surface area contributed by atoms with Gasteiger partial charge in [-0.3, -0.25) is 14.5 Å². The molecule has 1 fully saturated rings. The van der Waals surface area contributed by atoms with Gasteiger partial charge in [-0.1, -0.05) is 11.6 Å². The van der Waals surface area contributed by atoms with E-state index in [1.807, 2.05) is 0 Å². The van der Waals surface area contributed by atoms with Gasteiger partial charge in [-0.15, -0.1) is 8.78 Å². The minimum Gasteiger partial charge on any atom is -0.420 e. The van der Waals surface area contributed by atoms with Crippen molar-refractivity contribution in [2.45, 2.75) is 42.5 Å². The molecule has 1 aliphatic heterocycles. The Morgan fingerprint density at radius 1 is 1.21 bits per heavy atom. The Morgan fingerprint density at radius 3 is 2.32 bits per heavy atom. The molecule has 2 unspecified atom stereocenters. The predicted octanol–water partition coefficient (Wildman–Crippen LogP) is 3.72. The summed E-state index contributed by atoms with van der Waals surface area (Å²) >= 11 is 10.3. The summed E-state index contributed by atoms with van der Waals surface area (Å²) in [5, 5.41) is 2.87. The van der Waals surface area contributed by atoms with Crippen molar-refractivity contribution in [1.29, 1.82) is 0 Å². The highest BCUT2D eigenvalue weighted by Gasteiger charge is 2.47. The molecular formula is C21H21Cl2F3N4O4. The Balaban J connectivity index is 2.07. The highest BCUT2D eigenvalue weighted by atomic mass is 35.5. The van der Waals surface area contributed by atoms with Crippen LogP contribution in [0.3, 0.4) is 0 Å². The van der Waals surface area contributed by atoms with Crippen molar-refractivity contribution in [3.8, 4) is 5.75 Å². The number of nitrogens with one attached hydrogen (secondary N) is 1. The molecule has 0 bridgehead atoms. The normalized spacial score (nSPS) is 17.4. The van der Waals surface area contributed by atoms with Crippen molar-refractivity contribution in [3.05, 3.63) is 48.5 Å². The van der Waals surface area contributed by atoms with Gasteiger partial charge in [0.25, 0.3) is 17.4 Å². The van der Waals surface area contributed by atoms with Crippen LogP contribution in [0.5, 0.6) is 5.75 Å². The summed E-state index contributed by atoms with van der Waals surface area (Å²) < 4.78 is 49.7. The van der Waals surface area contributed by atoms with Gasteiger partial charge in [0, 0.05) is 54.5 Å². The van der Waals surface area contributed by atoms with Gasteiger partial charge >= 0.3 is 5.57 Å². The number of rotatable bonds is 8. The number of carbonyl (C=O) groups excluding carboxylic acids is 2. The van der Waals surface area contributed by atoms with E-state index in [1.165, 1.54) is 37.8 Å². The quantitative estimate of drug-likeness (QED) is 0.533. The Bertz CT molecular complexity index is 990. The van der Waals surface area contributed by atoms with Crippen LogP contribution in [0.1, 0.15) is 25.3 Å². The fourth-order valence-corrected chi connectivity index (χ4v) is 3.77. The number of carbonyl (C=O) groups is 2. The van der Waals surface area contributed by atoms with Crippen LogP contribution in [0.2, 0.25) is 0 Å². The number of nitrogens with zero attached hydrogens (tertiary/aromatic N) is 3. The average Bonchev–Trinajstić information content (AvgIpc) is 2.80. The molecule has 0 spiro atoms. The van der Waals surface area contributed by atoms with Crippen LogP contribution in [0.4, 0.5) is 18.9 Å². The lowest BCUT2D eigenvalue weighted by atomic mass is 9.89. The zero-order valence-corrected chi connectivity index (χ0v) is 19.4. The molecule has 3 rings (SSSR count). The zero-order chi connectivity index (χ0) is 24.9. The molecule has 2 heterocycles. The van der Waals surface area contributed by atoms with Crippen LogP contribution in [0, 0.1) is 0 Å². The van der Waals surface area contributed by atoms with Crippen LogP contribution in [0.25, 0.3) is 0 Å². The molecule has 0 aliphatic carbocycles. The summed E-state index contributed by atoms with van der Waals surface area (Å²) in [6.07, 6.45) is 4.93. The number of alkyl halides is 5. The SMILES string of the molecule is CC(C(=O)NC1CCOCC1)(c1cncnc1)N(C(=O)C(F)Cl)c1ccc(OC(F)(F)Cl)cc1. The first-order valence-electron chi connectivity index (χ1n) is 10.1. The number of hydrogen-bond donors (Lipinski definition) is 1. The standard InChI is InChI=1S/C21H21Cl2F3N4O4/c1-20(13-10-27-12-28-11-13,19(32)29-14-6-8-33-9-7-14)30(18(31)17(22)24)15-2-4-16(5-3-15)34-21(23,25)26/h2-5,10-12,14,17H,6-9H2,1H3,(H,29,32). The number of benzene rings is 1. The summed E-state index contributed by atoms with van der Waals surface area (Å²) in [4.78, 5) is 35.3. The van der Waals surface area contributed by atoms with Crippen LogP contribution in [0.15, 0.2) is 43.0 Å². The van der Waals surface area contributed by atoms with Crippen molar-refractivity contribution in [2.24, 2.45) is 0 Å². The molecule has 1 aromatic carbocycles. The van der Waals surface area contributed by atoms with Gasteiger partial charge in [-0.05, 0) is 44.0 Å². The highest BCUT2D eigenvalue weighted by molar-refractivity contribution is 6.32. The van der Waals surface area contributed by atoms with E-state index >= 15 is 0 Å². The Hall–Kier alpha value is -2.63. The third-order valence-electron chi connectivity index (χ3n) is 5.30. The van der Waals surface area contributed by atoms with Gasteiger partial charge in [0.05, 0.1) is 0 Å². The fraction of sp³-hybridized carbons (Fsp3) is 0.429. The topological polar surface area (TPSA) is 93.6 Å². The number of aromatic nitrogens is 2. The molecule has 2 atom stereocenters. The number of ether oxygens (including phenoxy) is 2. The van der Waals surface area contributed by atoms with Gasteiger partial charge in [0.1, 0.15) is 12.1 Å². The Kier molecular flexibility index (Phi) is 8.21. The second-order valence-electron chi connectivity index (χ2n) is 7.58. The van der Waals surface area contributed by atoms with Crippen LogP contribution in [-0.2, 0) is 19.9 Å². The molecule has 13 heteroatoms. The molecule has 1 N–H and O–H groups in total. The van der Waals surface area contributed by atoms with Gasteiger partial charge in [0.2, 0.25) is 0 Å². The summed E-state index contributed by atoms with van der Waals surface area (Å²) in [5.41, 5.74) is -8.20. The first-order chi connectivity index (χ1) is 16.0. The predicted molar refractivity (Wildman–Crippen MR) is 117 cm³/mol. The molecule has 1 aromatic heterocycles. The van der Waals surface area contributed by atoms with Crippen molar-refractivity contribution in [2.75, 3.05) is 18.1 Å². The largest absolute Gasteiger partial charge is 0.487 e. The molecule has 34 heavy (non-hydrogen) atoms. The lowest BCUT2D eigenvalue weighted by molar-refractivity contribution is -0.132. The van der Waals surface area contributed by atoms with E-state index in [-0.39, 0.29) is 23.0 Å². The number of halogens is 5. The number of anilines is 1. The minimum atomic E-state index is -3.96. The molecule has 1 saturated heterocycles. The molecular weight excluding hydrogens is 500 g/mol. The molecule has 8 nitrogen and oxygen atoms in total. The third-order valence-corrected chi connectivity index (χ3v) is 5.57. The first-order valence-corrected chi connectivity index (χ1v) is 11.0. The number of amides is 2. The summed E-state index contributed by atoms with van der Waals surface area (Å²) in [7, 11) is 0. The molecule has 2 aromatic rings. The second-order valence-corrected chi connectivity index (χ2v) is 8.40. The minimum absolute atomic E-state index is 0.0213. The van der Waals surface area contributed by atoms with E-state index in [9.17, 15) is 22.8 Å². The maximum atomic E-state index is 14.2. The van der Waals surface area contributed by atoms with E-state index in [1.54, 1.807) is 0 Å². The molecule has 0 saturated carbocycles. The van der Waals surface area contributed by atoms with E-state index in [0.717, 1.165) is 17.0 Å². The number of hydrogen-bond acceptors (Lipinski definition) is 6. The van der Waals surface area contributed by atoms with E-state index in [2.05, 4.69) is 20.0 Å². The first kappa shape index (κ1) is 26.0. The van der Waals surface area contributed by atoms with Crippen LogP contribution < -0.4 is 15.0 Å². The maximum Gasteiger partial charge on any atom is 0.487 e. The van der Waals surface area contributed by atoms with Gasteiger partial charge < -0.3 is 14.8 Å². The second kappa shape index (κ2) is 10.7. The Morgan fingerprint density at radius 2 is 1.79 bits per heavy atom. The monoisotopic (exact) mass is 520 g/mol. The van der Waals surface area contributed by atoms with Crippen molar-refractivity contribution < 1.29 is 32.2 Å². The average molecular weight is 521 g/mol. The van der Waals surface area contributed by atoms with E-state index < -0.39 is 28.6 Å². The Labute approximate surface area is 203 Å². The maximum absolute atomic E-state index is 14.2. The van der Waals surface area contributed by atoms with E-state index in [0.29, 0.717) is 26.1 Å². The summed E-state index contributed by atoms with van der Waals surface area (Å²) in [5.74, 6) is -2.23. The van der Waals surface area contributed by atoms with Crippen LogP contribution >= 0.6 is 23.2 Å². The van der Waals surface area contributed by atoms with Crippen molar-refractivity contribution >= 4 is 40.7 Å². The van der Waals surface area contributed by atoms with Gasteiger partial charge in [-0.2, -0.15) is 0 Å².